The average molecular weight is 457 g/mol. The molecule has 0 saturated heterocycles. The quantitative estimate of drug-likeness (QED) is 0.128. The number of esters is 1. The van der Waals surface area contributed by atoms with Gasteiger partial charge in [0.25, 0.3) is 6.47 Å². The van der Waals surface area contributed by atoms with Gasteiger partial charge in [-0.2, -0.15) is 0 Å². The lowest BCUT2D eigenvalue weighted by molar-refractivity contribution is -0.146. The van der Waals surface area contributed by atoms with Crippen molar-refractivity contribution in [1.82, 2.24) is 4.90 Å². The van der Waals surface area contributed by atoms with Crippen LogP contribution in [0, 0.1) is 0 Å². The summed E-state index contributed by atoms with van der Waals surface area (Å²) in [6.45, 7) is 4.19. The van der Waals surface area contributed by atoms with Gasteiger partial charge >= 0.3 is 5.97 Å². The maximum atomic E-state index is 12.4. The lowest BCUT2D eigenvalue weighted by atomic mass is 10.1. The van der Waals surface area contributed by atoms with Crippen LogP contribution in [0.15, 0.2) is 0 Å². The largest absolute Gasteiger partial charge is 0.466 e. The molecule has 7 nitrogen and oxygen atoms in total. The molecule has 0 rings (SSSR count). The zero-order chi connectivity index (χ0) is 23.7. The summed E-state index contributed by atoms with van der Waals surface area (Å²) in [5.41, 5.74) is 5.48. The first-order valence-corrected chi connectivity index (χ1v) is 12.8. The predicted molar refractivity (Wildman–Crippen MR) is 128 cm³/mol. The van der Waals surface area contributed by atoms with E-state index in [9.17, 15) is 14.4 Å². The van der Waals surface area contributed by atoms with Crippen molar-refractivity contribution in [1.29, 1.82) is 0 Å². The lowest BCUT2D eigenvalue weighted by Crippen LogP contribution is -2.37. The molecule has 0 aliphatic carbocycles. The highest BCUT2D eigenvalue weighted by Crippen LogP contribution is 2.12. The van der Waals surface area contributed by atoms with Crippen molar-refractivity contribution in [3.05, 3.63) is 0 Å². The number of ether oxygens (including phenoxy) is 2. The maximum absolute atomic E-state index is 12.4. The maximum Gasteiger partial charge on any atom is 0.305 e. The first-order valence-electron chi connectivity index (χ1n) is 12.8. The number of hydrogen-bond acceptors (Lipinski definition) is 6. The van der Waals surface area contributed by atoms with Gasteiger partial charge in [-0.25, -0.2) is 0 Å². The summed E-state index contributed by atoms with van der Waals surface area (Å²) in [5, 5.41) is 0. The van der Waals surface area contributed by atoms with Gasteiger partial charge in [-0.1, -0.05) is 77.6 Å². The number of unbranched alkanes of at least 4 members (excludes halogenated alkanes) is 12. The highest BCUT2D eigenvalue weighted by atomic mass is 16.5. The Kier molecular flexibility index (Phi) is 22.8. The van der Waals surface area contributed by atoms with E-state index in [-0.39, 0.29) is 25.1 Å². The molecule has 188 valence electrons. The molecule has 0 unspecified atom stereocenters. The molecule has 0 heterocycles. The summed E-state index contributed by atoms with van der Waals surface area (Å²) in [6.07, 6.45) is 17.1. The van der Waals surface area contributed by atoms with E-state index in [0.29, 0.717) is 38.9 Å². The van der Waals surface area contributed by atoms with Crippen molar-refractivity contribution in [3.8, 4) is 0 Å². The molecule has 7 heteroatoms. The van der Waals surface area contributed by atoms with Crippen LogP contribution in [-0.4, -0.2) is 56.1 Å². The third-order valence-electron chi connectivity index (χ3n) is 5.60. The third-order valence-corrected chi connectivity index (χ3v) is 5.60. The molecule has 1 amide bonds. The molecule has 0 aromatic heterocycles. The molecule has 0 atom stereocenters. The van der Waals surface area contributed by atoms with Crippen molar-refractivity contribution < 1.29 is 23.9 Å². The van der Waals surface area contributed by atoms with Gasteiger partial charge in [-0.15, -0.1) is 0 Å². The van der Waals surface area contributed by atoms with Crippen LogP contribution >= 0.6 is 0 Å². The van der Waals surface area contributed by atoms with Gasteiger partial charge < -0.3 is 20.1 Å². The first kappa shape index (κ1) is 30.4. The molecule has 0 bridgehead atoms. The van der Waals surface area contributed by atoms with Crippen LogP contribution in [0.3, 0.4) is 0 Å². The second-order valence-electron chi connectivity index (χ2n) is 8.45. The Labute approximate surface area is 195 Å². The minimum Gasteiger partial charge on any atom is -0.466 e. The second kappa shape index (κ2) is 24.0. The Morgan fingerprint density at radius 1 is 0.750 bits per heavy atom. The van der Waals surface area contributed by atoms with Crippen molar-refractivity contribution >= 4 is 18.3 Å². The molecule has 0 spiro atoms. The smallest absolute Gasteiger partial charge is 0.305 e. The lowest BCUT2D eigenvalue weighted by Gasteiger charge is -2.22. The van der Waals surface area contributed by atoms with Crippen LogP contribution < -0.4 is 5.73 Å². The van der Waals surface area contributed by atoms with E-state index >= 15 is 0 Å². The Hall–Kier alpha value is -1.63. The van der Waals surface area contributed by atoms with Crippen LogP contribution in [0.5, 0.6) is 0 Å². The molecule has 0 fully saturated rings. The number of hydrogen-bond donors (Lipinski definition) is 1. The molecule has 0 aromatic rings. The standard InChI is InChI=1S/C25H48N2O5/c1-2-3-4-5-6-7-8-9-10-11-14-17-25(30)32-22-20-27(19-21-31-23-28)24(29)16-13-12-15-18-26/h23H,2-22,26H2,1H3. The summed E-state index contributed by atoms with van der Waals surface area (Å²) < 4.78 is 10.0. The Balaban J connectivity index is 3.82. The van der Waals surface area contributed by atoms with E-state index in [2.05, 4.69) is 6.92 Å². The van der Waals surface area contributed by atoms with Gasteiger partial charge in [0.1, 0.15) is 13.2 Å². The van der Waals surface area contributed by atoms with Crippen molar-refractivity contribution in [2.75, 3.05) is 32.8 Å². The number of nitrogens with two attached hydrogens (primary N) is 1. The van der Waals surface area contributed by atoms with Crippen molar-refractivity contribution in [2.45, 2.75) is 110 Å². The second-order valence-corrected chi connectivity index (χ2v) is 8.45. The number of rotatable bonds is 24. The highest BCUT2D eigenvalue weighted by molar-refractivity contribution is 5.76. The van der Waals surface area contributed by atoms with Crippen LogP contribution in [0.4, 0.5) is 0 Å². The summed E-state index contributed by atoms with van der Waals surface area (Å²) >= 11 is 0. The molecule has 2 N–H and O–H groups in total. The van der Waals surface area contributed by atoms with Gasteiger partial charge in [-0.05, 0) is 25.8 Å². The molecule has 32 heavy (non-hydrogen) atoms. The minimum absolute atomic E-state index is 0.0158. The molecular weight excluding hydrogens is 408 g/mol. The zero-order valence-electron chi connectivity index (χ0n) is 20.5. The average Bonchev–Trinajstić information content (AvgIpc) is 2.79. The number of carbonyl (C=O) groups excluding carboxylic acids is 3. The van der Waals surface area contributed by atoms with Crippen LogP contribution in [-0.2, 0) is 23.9 Å². The van der Waals surface area contributed by atoms with Gasteiger partial charge in [0.15, 0.2) is 0 Å². The predicted octanol–water partition coefficient (Wildman–Crippen LogP) is 4.75. The monoisotopic (exact) mass is 456 g/mol. The zero-order valence-corrected chi connectivity index (χ0v) is 20.5. The fraction of sp³-hybridized carbons (Fsp3) is 0.880. The topological polar surface area (TPSA) is 98.9 Å². The van der Waals surface area contributed by atoms with E-state index in [1.165, 1.54) is 57.8 Å². The van der Waals surface area contributed by atoms with E-state index in [1.807, 2.05) is 0 Å². The third kappa shape index (κ3) is 20.3. The summed E-state index contributed by atoms with van der Waals surface area (Å²) in [7, 11) is 0. The van der Waals surface area contributed by atoms with Gasteiger partial charge in [0.2, 0.25) is 5.91 Å². The number of amides is 1. The highest BCUT2D eigenvalue weighted by Gasteiger charge is 2.14. The summed E-state index contributed by atoms with van der Waals surface area (Å²) in [6, 6.07) is 0. The van der Waals surface area contributed by atoms with E-state index in [1.54, 1.807) is 4.90 Å². The summed E-state index contributed by atoms with van der Waals surface area (Å²) in [4.78, 5) is 36.3. The van der Waals surface area contributed by atoms with Crippen LogP contribution in [0.25, 0.3) is 0 Å². The molecule has 0 saturated carbocycles. The van der Waals surface area contributed by atoms with Gasteiger partial charge in [0.05, 0.1) is 13.1 Å². The minimum atomic E-state index is -0.208. The molecule has 0 radical (unpaired) electrons. The van der Waals surface area contributed by atoms with E-state index in [0.717, 1.165) is 32.1 Å². The molecule has 0 aliphatic heterocycles. The van der Waals surface area contributed by atoms with Gasteiger partial charge in [0, 0.05) is 12.8 Å². The van der Waals surface area contributed by atoms with Crippen LogP contribution in [0.2, 0.25) is 0 Å². The Bertz CT molecular complexity index is 460. The Morgan fingerprint density at radius 2 is 1.28 bits per heavy atom. The van der Waals surface area contributed by atoms with E-state index < -0.39 is 0 Å². The normalized spacial score (nSPS) is 10.7. The fourth-order valence-electron chi connectivity index (χ4n) is 3.60. The molecular formula is C25H48N2O5. The van der Waals surface area contributed by atoms with Crippen LogP contribution in [0.1, 0.15) is 110 Å². The van der Waals surface area contributed by atoms with E-state index in [4.69, 9.17) is 15.2 Å². The first-order chi connectivity index (χ1) is 15.7. The van der Waals surface area contributed by atoms with Crippen molar-refractivity contribution in [3.63, 3.8) is 0 Å². The number of nitrogens with zero attached hydrogens (tertiary/aromatic N) is 1. The SMILES string of the molecule is CCCCCCCCCCCCCC(=O)OCCN(CCOC=O)C(=O)CCCCCN. The molecule has 0 aromatic carbocycles. The molecule has 0 aliphatic rings. The Morgan fingerprint density at radius 3 is 1.88 bits per heavy atom. The number of carbonyl (C=O) groups is 3. The van der Waals surface area contributed by atoms with Crippen molar-refractivity contribution in [2.24, 2.45) is 5.73 Å². The summed E-state index contributed by atoms with van der Waals surface area (Å²) in [5.74, 6) is -0.224. The van der Waals surface area contributed by atoms with Gasteiger partial charge in [-0.3, -0.25) is 14.4 Å². The fourth-order valence-corrected chi connectivity index (χ4v) is 3.60.